The first kappa shape index (κ1) is 9.97. The quantitative estimate of drug-likeness (QED) is 0.729. The number of carboxylic acids is 1. The van der Waals surface area contributed by atoms with E-state index in [1.165, 1.54) is 32.4 Å². The number of likely N-dealkylation sites (tertiary alicyclic amines) is 1. The van der Waals surface area contributed by atoms with Crippen molar-refractivity contribution < 1.29 is 9.90 Å². The van der Waals surface area contributed by atoms with E-state index in [-0.39, 0.29) is 0 Å². The molecule has 0 aromatic heterocycles. The van der Waals surface area contributed by atoms with Crippen LogP contribution in [0.1, 0.15) is 38.5 Å². The van der Waals surface area contributed by atoms with Crippen LogP contribution in [0.25, 0.3) is 0 Å². The van der Waals surface area contributed by atoms with E-state index < -0.39 is 5.97 Å². The maximum Gasteiger partial charge on any atom is 0.303 e. The highest BCUT2D eigenvalue weighted by atomic mass is 16.4. The van der Waals surface area contributed by atoms with Crippen molar-refractivity contribution in [2.45, 2.75) is 44.6 Å². The third-order valence-corrected chi connectivity index (χ3v) is 3.38. The van der Waals surface area contributed by atoms with E-state index in [0.717, 1.165) is 24.8 Å². The van der Waals surface area contributed by atoms with Gasteiger partial charge in [0.15, 0.2) is 0 Å². The number of carboxylic acid groups (broad SMARTS) is 1. The highest BCUT2D eigenvalue weighted by molar-refractivity contribution is 5.66. The van der Waals surface area contributed by atoms with Crippen LogP contribution in [0.5, 0.6) is 0 Å². The van der Waals surface area contributed by atoms with Gasteiger partial charge in [0.1, 0.15) is 0 Å². The van der Waals surface area contributed by atoms with Gasteiger partial charge in [0.05, 0.1) is 0 Å². The van der Waals surface area contributed by atoms with E-state index in [9.17, 15) is 4.79 Å². The molecule has 1 unspecified atom stereocenters. The summed E-state index contributed by atoms with van der Waals surface area (Å²) in [4.78, 5) is 12.9. The summed E-state index contributed by atoms with van der Waals surface area (Å²) in [6.07, 6.45) is 6.38. The van der Waals surface area contributed by atoms with Crippen LogP contribution in [0.2, 0.25) is 0 Å². The summed E-state index contributed by atoms with van der Waals surface area (Å²) in [6.45, 7) is 2.48. The van der Waals surface area contributed by atoms with Crippen LogP contribution in [0.15, 0.2) is 0 Å². The summed E-state index contributed by atoms with van der Waals surface area (Å²) in [6, 6.07) is 0.888. The minimum absolute atomic E-state index is 0.347. The summed E-state index contributed by atoms with van der Waals surface area (Å²) >= 11 is 0. The van der Waals surface area contributed by atoms with Gasteiger partial charge in [-0.2, -0.15) is 0 Å². The molecule has 1 heterocycles. The molecular formula is C11H19NO2. The summed E-state index contributed by atoms with van der Waals surface area (Å²) in [7, 11) is 0. The van der Waals surface area contributed by atoms with E-state index in [2.05, 4.69) is 4.90 Å². The molecule has 1 aliphatic heterocycles. The summed E-state index contributed by atoms with van der Waals surface area (Å²) in [5, 5.41) is 8.53. The zero-order valence-corrected chi connectivity index (χ0v) is 8.61. The largest absolute Gasteiger partial charge is 0.481 e. The van der Waals surface area contributed by atoms with Gasteiger partial charge in [0, 0.05) is 19.0 Å². The Kier molecular flexibility index (Phi) is 3.06. The third-order valence-electron chi connectivity index (χ3n) is 3.38. The molecule has 14 heavy (non-hydrogen) atoms. The molecule has 3 nitrogen and oxygen atoms in total. The van der Waals surface area contributed by atoms with Gasteiger partial charge in [-0.3, -0.25) is 4.79 Å². The lowest BCUT2D eigenvalue weighted by molar-refractivity contribution is -0.137. The van der Waals surface area contributed by atoms with Crippen LogP contribution in [-0.2, 0) is 4.79 Å². The SMILES string of the molecule is O=C(O)CCCC1CCN(C2CC2)C1. The topological polar surface area (TPSA) is 40.5 Å². The summed E-state index contributed by atoms with van der Waals surface area (Å²) in [5.41, 5.74) is 0. The van der Waals surface area contributed by atoms with Crippen molar-refractivity contribution in [1.29, 1.82) is 0 Å². The molecular weight excluding hydrogens is 178 g/mol. The molecule has 2 aliphatic rings. The van der Waals surface area contributed by atoms with Gasteiger partial charge in [-0.1, -0.05) is 0 Å². The van der Waals surface area contributed by atoms with E-state index in [0.29, 0.717) is 6.42 Å². The van der Waals surface area contributed by atoms with E-state index in [1.807, 2.05) is 0 Å². The second-order valence-electron chi connectivity index (χ2n) is 4.67. The van der Waals surface area contributed by atoms with Crippen molar-refractivity contribution in [2.75, 3.05) is 13.1 Å². The van der Waals surface area contributed by atoms with Crippen molar-refractivity contribution in [3.8, 4) is 0 Å². The Labute approximate surface area is 85.1 Å². The van der Waals surface area contributed by atoms with Gasteiger partial charge in [0.25, 0.3) is 0 Å². The lowest BCUT2D eigenvalue weighted by Gasteiger charge is -2.14. The van der Waals surface area contributed by atoms with Crippen molar-refractivity contribution in [2.24, 2.45) is 5.92 Å². The van der Waals surface area contributed by atoms with Crippen LogP contribution in [0.4, 0.5) is 0 Å². The molecule has 0 aromatic carbocycles. The van der Waals surface area contributed by atoms with Crippen LogP contribution in [0.3, 0.4) is 0 Å². The molecule has 0 radical (unpaired) electrons. The van der Waals surface area contributed by atoms with Crippen LogP contribution in [0, 0.1) is 5.92 Å². The molecule has 2 rings (SSSR count). The Balaban J connectivity index is 1.60. The molecule has 1 saturated carbocycles. The zero-order chi connectivity index (χ0) is 9.97. The van der Waals surface area contributed by atoms with Gasteiger partial charge in [0.2, 0.25) is 0 Å². The van der Waals surface area contributed by atoms with E-state index >= 15 is 0 Å². The Morgan fingerprint density at radius 1 is 1.36 bits per heavy atom. The lowest BCUT2D eigenvalue weighted by Crippen LogP contribution is -2.22. The van der Waals surface area contributed by atoms with Gasteiger partial charge in [-0.25, -0.2) is 0 Å². The van der Waals surface area contributed by atoms with Crippen molar-refractivity contribution >= 4 is 5.97 Å². The standard InChI is InChI=1S/C11H19NO2/c13-11(14)3-1-2-9-6-7-12(8-9)10-4-5-10/h9-10H,1-8H2,(H,13,14). The van der Waals surface area contributed by atoms with Crippen molar-refractivity contribution in [3.63, 3.8) is 0 Å². The van der Waals surface area contributed by atoms with Crippen molar-refractivity contribution in [3.05, 3.63) is 0 Å². The Morgan fingerprint density at radius 2 is 2.14 bits per heavy atom. The van der Waals surface area contributed by atoms with Crippen LogP contribution < -0.4 is 0 Å². The molecule has 3 heteroatoms. The number of hydrogen-bond acceptors (Lipinski definition) is 2. The molecule has 80 valence electrons. The maximum absolute atomic E-state index is 10.3. The monoisotopic (exact) mass is 197 g/mol. The first-order chi connectivity index (χ1) is 6.75. The highest BCUT2D eigenvalue weighted by Gasteiger charge is 2.33. The second kappa shape index (κ2) is 4.30. The van der Waals surface area contributed by atoms with Gasteiger partial charge >= 0.3 is 5.97 Å². The number of rotatable bonds is 5. The average molecular weight is 197 g/mol. The predicted molar refractivity (Wildman–Crippen MR) is 54.2 cm³/mol. The first-order valence-electron chi connectivity index (χ1n) is 5.71. The lowest BCUT2D eigenvalue weighted by atomic mass is 10.0. The molecule has 1 atom stereocenters. The normalized spacial score (nSPS) is 28.1. The molecule has 0 aromatic rings. The minimum Gasteiger partial charge on any atom is -0.481 e. The molecule has 1 saturated heterocycles. The van der Waals surface area contributed by atoms with Gasteiger partial charge < -0.3 is 10.0 Å². The second-order valence-corrected chi connectivity index (χ2v) is 4.67. The van der Waals surface area contributed by atoms with E-state index in [4.69, 9.17) is 5.11 Å². The Hall–Kier alpha value is -0.570. The van der Waals surface area contributed by atoms with Crippen LogP contribution in [-0.4, -0.2) is 35.1 Å². The molecule has 0 bridgehead atoms. The number of aliphatic carboxylic acids is 1. The van der Waals surface area contributed by atoms with Crippen molar-refractivity contribution in [1.82, 2.24) is 4.90 Å². The molecule has 1 aliphatic carbocycles. The molecule has 0 amide bonds. The predicted octanol–water partition coefficient (Wildman–Crippen LogP) is 1.73. The minimum atomic E-state index is -0.651. The molecule has 2 fully saturated rings. The molecule has 0 spiro atoms. The zero-order valence-electron chi connectivity index (χ0n) is 8.61. The summed E-state index contributed by atoms with van der Waals surface area (Å²) in [5.74, 6) is 0.122. The third kappa shape index (κ3) is 2.71. The average Bonchev–Trinajstić information content (AvgIpc) is 2.87. The Morgan fingerprint density at radius 3 is 2.79 bits per heavy atom. The number of nitrogens with zero attached hydrogens (tertiary/aromatic N) is 1. The number of hydrogen-bond donors (Lipinski definition) is 1. The first-order valence-corrected chi connectivity index (χ1v) is 5.71. The van der Waals surface area contributed by atoms with E-state index in [1.54, 1.807) is 0 Å². The fourth-order valence-corrected chi connectivity index (χ4v) is 2.41. The Bertz CT molecular complexity index is 213. The van der Waals surface area contributed by atoms with Gasteiger partial charge in [-0.05, 0) is 44.6 Å². The smallest absolute Gasteiger partial charge is 0.303 e. The number of carbonyl (C=O) groups is 1. The fourth-order valence-electron chi connectivity index (χ4n) is 2.41. The molecule has 1 N–H and O–H groups in total. The summed E-state index contributed by atoms with van der Waals surface area (Å²) < 4.78 is 0. The van der Waals surface area contributed by atoms with Gasteiger partial charge in [-0.15, -0.1) is 0 Å². The van der Waals surface area contributed by atoms with Crippen LogP contribution >= 0.6 is 0 Å². The maximum atomic E-state index is 10.3. The highest BCUT2D eigenvalue weighted by Crippen LogP contribution is 2.33. The fraction of sp³-hybridized carbons (Fsp3) is 0.909.